The molecular weight excluding hydrogens is 454 g/mol. The third-order valence-corrected chi connectivity index (χ3v) is 7.36. The average molecular weight is 488 g/mol. The number of benzene rings is 1. The fourth-order valence-corrected chi connectivity index (χ4v) is 5.44. The number of amides is 2. The normalized spacial score (nSPS) is 19.3. The largest absolute Gasteiger partial charge is 0.299 e. The van der Waals surface area contributed by atoms with Gasteiger partial charge < -0.3 is 0 Å². The third kappa shape index (κ3) is 5.23. The standard InChI is InChI=1S/C28H33N5O3/c1-19-30-23-8-6-7-21(26(23)28(36)33(19)24-13-14-25(34)31-27(24)35)10-12-22-11-9-20(17-29-22)18-32-15-4-2-3-5-16-32/h6-9,11,17,24H,2-5,10,12-16,18H2,1H3,(H,31,34,35). The van der Waals surface area contributed by atoms with Crippen LogP contribution < -0.4 is 10.9 Å². The number of piperidine rings is 1. The fraction of sp³-hybridized carbons (Fsp3) is 0.464. The van der Waals surface area contributed by atoms with Crippen LogP contribution in [0.25, 0.3) is 10.9 Å². The number of pyridine rings is 1. The molecule has 0 aliphatic carbocycles. The van der Waals surface area contributed by atoms with Gasteiger partial charge in [0.2, 0.25) is 11.8 Å². The summed E-state index contributed by atoms with van der Waals surface area (Å²) >= 11 is 0. The van der Waals surface area contributed by atoms with Crippen molar-refractivity contribution >= 4 is 22.7 Å². The van der Waals surface area contributed by atoms with Crippen molar-refractivity contribution in [2.24, 2.45) is 0 Å². The number of hydrogen-bond acceptors (Lipinski definition) is 6. The molecule has 4 heterocycles. The molecule has 2 saturated heterocycles. The van der Waals surface area contributed by atoms with E-state index in [2.05, 4.69) is 27.3 Å². The van der Waals surface area contributed by atoms with Gasteiger partial charge in [0.1, 0.15) is 11.9 Å². The highest BCUT2D eigenvalue weighted by molar-refractivity contribution is 5.99. The van der Waals surface area contributed by atoms with Gasteiger partial charge in [-0.05, 0) is 75.4 Å². The predicted octanol–water partition coefficient (Wildman–Crippen LogP) is 3.24. The van der Waals surface area contributed by atoms with E-state index in [-0.39, 0.29) is 17.9 Å². The molecule has 3 aromatic rings. The Bertz CT molecular complexity index is 1320. The molecule has 1 N–H and O–H groups in total. The van der Waals surface area contributed by atoms with Crippen LogP contribution in [0.15, 0.2) is 41.3 Å². The number of nitrogens with one attached hydrogen (secondary N) is 1. The first-order chi connectivity index (χ1) is 17.5. The maximum atomic E-state index is 13.6. The SMILES string of the molecule is Cc1nc2cccc(CCc3ccc(CN4CCCCCC4)cn3)c2c(=O)n1C1CCC(=O)NC1=O. The lowest BCUT2D eigenvalue weighted by Crippen LogP contribution is -2.45. The van der Waals surface area contributed by atoms with Crippen LogP contribution in [-0.2, 0) is 29.0 Å². The lowest BCUT2D eigenvalue weighted by atomic mass is 10.0. The van der Waals surface area contributed by atoms with E-state index in [9.17, 15) is 14.4 Å². The molecule has 1 unspecified atom stereocenters. The zero-order valence-electron chi connectivity index (χ0n) is 20.8. The summed E-state index contributed by atoms with van der Waals surface area (Å²) in [4.78, 5) is 49.5. The summed E-state index contributed by atoms with van der Waals surface area (Å²) in [6.45, 7) is 5.00. The van der Waals surface area contributed by atoms with Crippen LogP contribution in [0.4, 0.5) is 0 Å². The average Bonchev–Trinajstić information content (AvgIpc) is 3.13. The first-order valence-electron chi connectivity index (χ1n) is 13.0. The molecule has 1 atom stereocenters. The summed E-state index contributed by atoms with van der Waals surface area (Å²) in [5, 5.41) is 2.88. The molecule has 2 fully saturated rings. The highest BCUT2D eigenvalue weighted by Crippen LogP contribution is 2.22. The fourth-order valence-electron chi connectivity index (χ4n) is 5.44. The summed E-state index contributed by atoms with van der Waals surface area (Å²) in [5.41, 5.74) is 3.50. The molecule has 0 bridgehead atoms. The predicted molar refractivity (Wildman–Crippen MR) is 138 cm³/mol. The molecule has 2 aromatic heterocycles. The highest BCUT2D eigenvalue weighted by atomic mass is 16.2. The molecule has 0 radical (unpaired) electrons. The van der Waals surface area contributed by atoms with E-state index in [1.165, 1.54) is 35.8 Å². The summed E-state index contributed by atoms with van der Waals surface area (Å²) in [6.07, 6.45) is 9.04. The number of hydrogen-bond donors (Lipinski definition) is 1. The topological polar surface area (TPSA) is 97.2 Å². The maximum absolute atomic E-state index is 13.6. The second-order valence-corrected chi connectivity index (χ2v) is 9.96. The number of carbonyl (C=O) groups is 2. The van der Waals surface area contributed by atoms with Crippen molar-refractivity contribution in [3.63, 3.8) is 0 Å². The minimum atomic E-state index is -0.724. The van der Waals surface area contributed by atoms with Crippen LogP contribution in [-0.4, -0.2) is 44.3 Å². The van der Waals surface area contributed by atoms with E-state index in [1.54, 1.807) is 6.92 Å². The van der Waals surface area contributed by atoms with Crippen molar-refractivity contribution in [1.29, 1.82) is 0 Å². The van der Waals surface area contributed by atoms with Crippen molar-refractivity contribution in [2.45, 2.75) is 70.9 Å². The van der Waals surface area contributed by atoms with Crippen LogP contribution in [0.1, 0.15) is 67.2 Å². The molecule has 2 aliphatic rings. The number of aromatic nitrogens is 3. The molecule has 36 heavy (non-hydrogen) atoms. The van der Waals surface area contributed by atoms with Gasteiger partial charge in [-0.1, -0.05) is 31.0 Å². The van der Waals surface area contributed by atoms with E-state index in [1.807, 2.05) is 24.4 Å². The van der Waals surface area contributed by atoms with E-state index in [0.717, 1.165) is 30.9 Å². The van der Waals surface area contributed by atoms with Crippen LogP contribution >= 0.6 is 0 Å². The van der Waals surface area contributed by atoms with Gasteiger partial charge in [0.15, 0.2) is 0 Å². The number of aryl methyl sites for hydroxylation is 3. The van der Waals surface area contributed by atoms with Crippen molar-refractivity contribution in [3.05, 3.63) is 69.5 Å². The van der Waals surface area contributed by atoms with Crippen LogP contribution in [0.3, 0.4) is 0 Å². The molecule has 1 aromatic carbocycles. The van der Waals surface area contributed by atoms with Crippen molar-refractivity contribution in [3.8, 4) is 0 Å². The van der Waals surface area contributed by atoms with E-state index >= 15 is 0 Å². The van der Waals surface area contributed by atoms with Gasteiger partial charge >= 0.3 is 0 Å². The second kappa shape index (κ2) is 10.7. The number of nitrogens with zero attached hydrogens (tertiary/aromatic N) is 4. The van der Waals surface area contributed by atoms with E-state index in [0.29, 0.717) is 36.0 Å². The molecule has 188 valence electrons. The smallest absolute Gasteiger partial charge is 0.262 e. The van der Waals surface area contributed by atoms with Gasteiger partial charge in [0.25, 0.3) is 5.56 Å². The Labute approximate surface area is 210 Å². The molecule has 0 spiro atoms. The Morgan fingerprint density at radius 3 is 2.53 bits per heavy atom. The van der Waals surface area contributed by atoms with Gasteiger partial charge in [-0.3, -0.25) is 34.2 Å². The summed E-state index contributed by atoms with van der Waals surface area (Å²) in [7, 11) is 0. The van der Waals surface area contributed by atoms with Gasteiger partial charge in [-0.15, -0.1) is 0 Å². The monoisotopic (exact) mass is 487 g/mol. The quantitative estimate of drug-likeness (QED) is 0.536. The Kier molecular flexibility index (Phi) is 7.23. The van der Waals surface area contributed by atoms with E-state index in [4.69, 9.17) is 4.98 Å². The third-order valence-electron chi connectivity index (χ3n) is 7.36. The number of fused-ring (bicyclic) bond motifs is 1. The van der Waals surface area contributed by atoms with Crippen LogP contribution in [0.2, 0.25) is 0 Å². The lowest BCUT2D eigenvalue weighted by molar-refractivity contribution is -0.135. The Balaban J connectivity index is 1.34. The lowest BCUT2D eigenvalue weighted by Gasteiger charge is -2.24. The number of rotatable bonds is 6. The summed E-state index contributed by atoms with van der Waals surface area (Å²) in [6, 6.07) is 9.22. The molecule has 8 nitrogen and oxygen atoms in total. The zero-order valence-corrected chi connectivity index (χ0v) is 20.8. The molecule has 0 saturated carbocycles. The summed E-state index contributed by atoms with van der Waals surface area (Å²) < 4.78 is 1.45. The first-order valence-corrected chi connectivity index (χ1v) is 13.0. The molecular formula is C28H33N5O3. The van der Waals surface area contributed by atoms with Crippen molar-refractivity contribution < 1.29 is 9.59 Å². The van der Waals surface area contributed by atoms with Gasteiger partial charge in [0, 0.05) is 24.9 Å². The van der Waals surface area contributed by atoms with Crippen LogP contribution in [0.5, 0.6) is 0 Å². The second-order valence-electron chi connectivity index (χ2n) is 9.96. The van der Waals surface area contributed by atoms with Gasteiger partial charge in [-0.25, -0.2) is 4.98 Å². The molecule has 5 rings (SSSR count). The molecule has 8 heteroatoms. The van der Waals surface area contributed by atoms with Gasteiger partial charge in [-0.2, -0.15) is 0 Å². The van der Waals surface area contributed by atoms with Crippen molar-refractivity contribution in [2.75, 3.05) is 13.1 Å². The number of imide groups is 1. The minimum absolute atomic E-state index is 0.210. The van der Waals surface area contributed by atoms with Crippen molar-refractivity contribution in [1.82, 2.24) is 24.8 Å². The Morgan fingerprint density at radius 1 is 1.00 bits per heavy atom. The van der Waals surface area contributed by atoms with Crippen LogP contribution in [0, 0.1) is 6.92 Å². The highest BCUT2D eigenvalue weighted by Gasteiger charge is 2.30. The zero-order chi connectivity index (χ0) is 25.1. The summed E-state index contributed by atoms with van der Waals surface area (Å²) in [5.74, 6) is -0.276. The Morgan fingerprint density at radius 2 is 1.81 bits per heavy atom. The van der Waals surface area contributed by atoms with Gasteiger partial charge in [0.05, 0.1) is 10.9 Å². The first kappa shape index (κ1) is 24.3. The maximum Gasteiger partial charge on any atom is 0.262 e. The minimum Gasteiger partial charge on any atom is -0.299 e. The molecule has 2 amide bonds. The Hall–Kier alpha value is -3.39. The number of likely N-dealkylation sites (tertiary alicyclic amines) is 1. The molecule has 2 aliphatic heterocycles. The number of carbonyl (C=O) groups excluding carboxylic acids is 2. The van der Waals surface area contributed by atoms with E-state index < -0.39 is 11.9 Å².